The zero-order valence-corrected chi connectivity index (χ0v) is 8.24. The quantitative estimate of drug-likeness (QED) is 0.769. The van der Waals surface area contributed by atoms with Crippen molar-refractivity contribution in [3.8, 4) is 0 Å². The van der Waals surface area contributed by atoms with Crippen LogP contribution in [0.5, 0.6) is 0 Å². The molecular formula is C11H15N3. The van der Waals surface area contributed by atoms with Gasteiger partial charge in [0.2, 0.25) is 0 Å². The molecule has 1 aliphatic rings. The first-order valence-electron chi connectivity index (χ1n) is 5.12. The SMILES string of the molecule is c1ccc(CNC2=NCCCC2)nc1. The van der Waals surface area contributed by atoms with Gasteiger partial charge < -0.3 is 5.32 Å². The maximum atomic E-state index is 4.42. The van der Waals surface area contributed by atoms with Gasteiger partial charge in [-0.25, -0.2) is 0 Å². The fourth-order valence-electron chi connectivity index (χ4n) is 1.54. The fourth-order valence-corrected chi connectivity index (χ4v) is 1.54. The number of aromatic nitrogens is 1. The molecule has 14 heavy (non-hydrogen) atoms. The van der Waals surface area contributed by atoms with Crippen LogP contribution in [0.25, 0.3) is 0 Å². The molecule has 0 atom stereocenters. The summed E-state index contributed by atoms with van der Waals surface area (Å²) in [6.45, 7) is 1.77. The van der Waals surface area contributed by atoms with Crippen molar-refractivity contribution in [2.75, 3.05) is 6.54 Å². The first kappa shape index (κ1) is 9.19. The van der Waals surface area contributed by atoms with E-state index < -0.39 is 0 Å². The second-order valence-electron chi connectivity index (χ2n) is 3.46. The average Bonchev–Trinajstić information content (AvgIpc) is 2.29. The van der Waals surface area contributed by atoms with Crippen molar-refractivity contribution >= 4 is 5.84 Å². The molecule has 0 saturated heterocycles. The largest absolute Gasteiger partial charge is 0.368 e. The number of hydrogen-bond donors (Lipinski definition) is 1. The molecule has 3 nitrogen and oxygen atoms in total. The summed E-state index contributed by atoms with van der Waals surface area (Å²) >= 11 is 0. The minimum absolute atomic E-state index is 0.791. The number of amidine groups is 1. The van der Waals surface area contributed by atoms with Crippen molar-refractivity contribution in [2.45, 2.75) is 25.8 Å². The molecular weight excluding hydrogens is 174 g/mol. The molecule has 0 saturated carbocycles. The normalized spacial score (nSPS) is 16.1. The van der Waals surface area contributed by atoms with E-state index in [1.165, 1.54) is 12.8 Å². The molecule has 1 aromatic heterocycles. The Morgan fingerprint density at radius 2 is 2.29 bits per heavy atom. The highest BCUT2D eigenvalue weighted by atomic mass is 15.0. The highest BCUT2D eigenvalue weighted by Gasteiger charge is 2.03. The average molecular weight is 189 g/mol. The number of rotatable bonds is 2. The van der Waals surface area contributed by atoms with Crippen molar-refractivity contribution in [1.82, 2.24) is 10.3 Å². The van der Waals surface area contributed by atoms with Crippen LogP contribution in [0.15, 0.2) is 29.4 Å². The summed E-state index contributed by atoms with van der Waals surface area (Å²) in [5.74, 6) is 1.14. The highest BCUT2D eigenvalue weighted by Crippen LogP contribution is 2.04. The van der Waals surface area contributed by atoms with Gasteiger partial charge in [-0.3, -0.25) is 9.98 Å². The molecule has 0 aromatic carbocycles. The lowest BCUT2D eigenvalue weighted by Crippen LogP contribution is -2.25. The van der Waals surface area contributed by atoms with E-state index >= 15 is 0 Å². The van der Waals surface area contributed by atoms with Crippen molar-refractivity contribution in [1.29, 1.82) is 0 Å². The predicted octanol–water partition coefficient (Wildman–Crippen LogP) is 1.75. The van der Waals surface area contributed by atoms with Crippen LogP contribution < -0.4 is 5.32 Å². The third-order valence-electron chi connectivity index (χ3n) is 2.32. The minimum atomic E-state index is 0.791. The Kier molecular flexibility index (Phi) is 3.11. The maximum Gasteiger partial charge on any atom is 0.0966 e. The van der Waals surface area contributed by atoms with Crippen LogP contribution in [0, 0.1) is 0 Å². The third-order valence-corrected chi connectivity index (χ3v) is 2.32. The third kappa shape index (κ3) is 2.55. The second kappa shape index (κ2) is 4.74. The summed E-state index contributed by atoms with van der Waals surface area (Å²) in [7, 11) is 0. The van der Waals surface area contributed by atoms with Crippen LogP contribution in [-0.4, -0.2) is 17.4 Å². The molecule has 1 aliphatic heterocycles. The van der Waals surface area contributed by atoms with Gasteiger partial charge in [0.05, 0.1) is 18.1 Å². The molecule has 3 heteroatoms. The number of pyridine rings is 1. The number of nitrogens with one attached hydrogen (secondary N) is 1. The summed E-state index contributed by atoms with van der Waals surface area (Å²) < 4.78 is 0. The zero-order valence-electron chi connectivity index (χ0n) is 8.24. The van der Waals surface area contributed by atoms with Gasteiger partial charge in [-0.15, -0.1) is 0 Å². The molecule has 0 spiro atoms. The molecule has 0 radical (unpaired) electrons. The Morgan fingerprint density at radius 1 is 1.29 bits per heavy atom. The van der Waals surface area contributed by atoms with Crippen molar-refractivity contribution in [2.24, 2.45) is 4.99 Å². The Bertz CT molecular complexity index is 306. The molecule has 0 unspecified atom stereocenters. The Hall–Kier alpha value is -1.38. The van der Waals surface area contributed by atoms with Crippen molar-refractivity contribution in [3.63, 3.8) is 0 Å². The second-order valence-corrected chi connectivity index (χ2v) is 3.46. The number of aliphatic imine (C=N–C) groups is 1. The number of hydrogen-bond acceptors (Lipinski definition) is 3. The van der Waals surface area contributed by atoms with Gasteiger partial charge in [-0.1, -0.05) is 6.07 Å². The van der Waals surface area contributed by atoms with Gasteiger partial charge in [0.1, 0.15) is 0 Å². The van der Waals surface area contributed by atoms with E-state index in [4.69, 9.17) is 0 Å². The molecule has 1 N–H and O–H groups in total. The summed E-state index contributed by atoms with van der Waals surface area (Å²) in [5, 5.41) is 3.33. The van der Waals surface area contributed by atoms with Crippen LogP contribution in [0.4, 0.5) is 0 Å². The minimum Gasteiger partial charge on any atom is -0.368 e. The van der Waals surface area contributed by atoms with Gasteiger partial charge in [0, 0.05) is 19.2 Å². The van der Waals surface area contributed by atoms with Gasteiger partial charge in [0.15, 0.2) is 0 Å². The van der Waals surface area contributed by atoms with Crippen LogP contribution in [0.2, 0.25) is 0 Å². The smallest absolute Gasteiger partial charge is 0.0966 e. The summed E-state index contributed by atoms with van der Waals surface area (Å²) in [6.07, 6.45) is 5.40. The zero-order chi connectivity index (χ0) is 9.64. The highest BCUT2D eigenvalue weighted by molar-refractivity contribution is 5.82. The molecule has 1 aromatic rings. The maximum absolute atomic E-state index is 4.42. The summed E-state index contributed by atoms with van der Waals surface area (Å²) in [6, 6.07) is 5.96. The molecule has 2 rings (SSSR count). The van der Waals surface area contributed by atoms with Crippen molar-refractivity contribution < 1.29 is 0 Å². The first-order chi connectivity index (χ1) is 6.95. The topological polar surface area (TPSA) is 37.3 Å². The molecule has 0 fully saturated rings. The van der Waals surface area contributed by atoms with Crippen LogP contribution in [-0.2, 0) is 6.54 Å². The first-order valence-corrected chi connectivity index (χ1v) is 5.12. The van der Waals surface area contributed by atoms with E-state index in [0.29, 0.717) is 0 Å². The van der Waals surface area contributed by atoms with E-state index in [0.717, 1.165) is 31.0 Å². The molecule has 0 bridgehead atoms. The van der Waals surface area contributed by atoms with Crippen LogP contribution in [0.1, 0.15) is 25.0 Å². The lowest BCUT2D eigenvalue weighted by Gasteiger charge is -2.13. The molecule has 0 aliphatic carbocycles. The van der Waals surface area contributed by atoms with Gasteiger partial charge in [-0.05, 0) is 25.0 Å². The standard InChI is InChI=1S/C11H15N3/c1-3-7-12-10(5-1)9-14-11-6-2-4-8-13-11/h1,3,5,7H,2,4,6,8-9H2,(H,13,14). The molecule has 0 amide bonds. The fraction of sp³-hybridized carbons (Fsp3) is 0.455. The Morgan fingerprint density at radius 3 is 3.00 bits per heavy atom. The van der Waals surface area contributed by atoms with E-state index in [-0.39, 0.29) is 0 Å². The van der Waals surface area contributed by atoms with E-state index in [9.17, 15) is 0 Å². The van der Waals surface area contributed by atoms with Crippen LogP contribution >= 0.6 is 0 Å². The Balaban J connectivity index is 1.85. The Labute approximate surface area is 84.3 Å². The lowest BCUT2D eigenvalue weighted by atomic mass is 10.2. The number of nitrogens with zero attached hydrogens (tertiary/aromatic N) is 2. The van der Waals surface area contributed by atoms with Gasteiger partial charge in [0.25, 0.3) is 0 Å². The van der Waals surface area contributed by atoms with Gasteiger partial charge in [-0.2, -0.15) is 0 Å². The molecule has 2 heterocycles. The van der Waals surface area contributed by atoms with Crippen molar-refractivity contribution in [3.05, 3.63) is 30.1 Å². The van der Waals surface area contributed by atoms with Gasteiger partial charge >= 0.3 is 0 Å². The monoisotopic (exact) mass is 189 g/mol. The summed E-state index contributed by atoms with van der Waals surface area (Å²) in [4.78, 5) is 8.67. The van der Waals surface area contributed by atoms with E-state index in [2.05, 4.69) is 15.3 Å². The summed E-state index contributed by atoms with van der Waals surface area (Å²) in [5.41, 5.74) is 1.07. The van der Waals surface area contributed by atoms with E-state index in [1.54, 1.807) is 0 Å². The lowest BCUT2D eigenvalue weighted by molar-refractivity contribution is 0.703. The van der Waals surface area contributed by atoms with Crippen LogP contribution in [0.3, 0.4) is 0 Å². The predicted molar refractivity (Wildman–Crippen MR) is 57.2 cm³/mol. The molecule has 74 valence electrons. The van der Waals surface area contributed by atoms with E-state index in [1.807, 2.05) is 24.4 Å².